The van der Waals surface area contributed by atoms with Crippen LogP contribution >= 0.6 is 39.1 Å². The third-order valence-electron chi connectivity index (χ3n) is 1.95. The largest absolute Gasteiger partial charge is 0.306 e. The summed E-state index contributed by atoms with van der Waals surface area (Å²) in [5.41, 5.74) is 0.468. The van der Waals surface area contributed by atoms with Gasteiger partial charge in [-0.3, -0.25) is 4.79 Å². The fourth-order valence-corrected chi connectivity index (χ4v) is 1.67. The highest BCUT2D eigenvalue weighted by Crippen LogP contribution is 2.26. The van der Waals surface area contributed by atoms with Crippen molar-refractivity contribution in [2.75, 3.05) is 0 Å². The zero-order valence-corrected chi connectivity index (χ0v) is 10.9. The summed E-state index contributed by atoms with van der Waals surface area (Å²) in [5.74, 6) is 0.451. The van der Waals surface area contributed by atoms with Gasteiger partial charge in [0.15, 0.2) is 0 Å². The molecular formula is C10H5BrCl2N2O. The molecule has 2 rings (SSSR count). The number of nitrogens with one attached hydrogen (secondary N) is 1. The van der Waals surface area contributed by atoms with Crippen molar-refractivity contribution in [2.24, 2.45) is 0 Å². The summed E-state index contributed by atoms with van der Waals surface area (Å²) in [6.45, 7) is 0. The molecule has 0 unspecified atom stereocenters. The predicted molar refractivity (Wildman–Crippen MR) is 68.0 cm³/mol. The Morgan fingerprint density at radius 2 is 2.00 bits per heavy atom. The monoisotopic (exact) mass is 318 g/mol. The first-order valence-electron chi connectivity index (χ1n) is 4.28. The molecule has 1 aromatic heterocycles. The molecule has 2 aromatic rings. The van der Waals surface area contributed by atoms with E-state index in [2.05, 4.69) is 25.9 Å². The normalized spacial score (nSPS) is 10.4. The molecule has 0 aliphatic rings. The smallest absolute Gasteiger partial charge is 0.265 e. The lowest BCUT2D eigenvalue weighted by atomic mass is 10.2. The molecule has 16 heavy (non-hydrogen) atoms. The van der Waals surface area contributed by atoms with E-state index < -0.39 is 0 Å². The molecule has 0 saturated carbocycles. The van der Waals surface area contributed by atoms with E-state index in [1.165, 1.54) is 6.20 Å². The maximum Gasteiger partial charge on any atom is 0.265 e. The van der Waals surface area contributed by atoms with Crippen molar-refractivity contribution in [3.8, 4) is 11.4 Å². The summed E-state index contributed by atoms with van der Waals surface area (Å²) in [7, 11) is 0. The van der Waals surface area contributed by atoms with Crippen molar-refractivity contribution in [2.45, 2.75) is 0 Å². The SMILES string of the molecule is O=c1[nH]c(-c2ccc(Cl)c(Cl)c2)ncc1Br. The zero-order chi connectivity index (χ0) is 11.7. The van der Waals surface area contributed by atoms with Gasteiger partial charge in [-0.2, -0.15) is 0 Å². The molecule has 0 spiro atoms. The van der Waals surface area contributed by atoms with Crippen LogP contribution in [0.15, 0.2) is 33.7 Å². The van der Waals surface area contributed by atoms with E-state index in [4.69, 9.17) is 23.2 Å². The minimum atomic E-state index is -0.240. The lowest BCUT2D eigenvalue weighted by molar-refractivity contribution is 1.11. The van der Waals surface area contributed by atoms with Crippen LogP contribution in [0.1, 0.15) is 0 Å². The molecule has 3 nitrogen and oxygen atoms in total. The quantitative estimate of drug-likeness (QED) is 0.874. The molecule has 1 aromatic carbocycles. The van der Waals surface area contributed by atoms with E-state index in [1.54, 1.807) is 18.2 Å². The second kappa shape index (κ2) is 4.57. The highest BCUT2D eigenvalue weighted by molar-refractivity contribution is 9.10. The van der Waals surface area contributed by atoms with Crippen molar-refractivity contribution in [1.82, 2.24) is 9.97 Å². The van der Waals surface area contributed by atoms with Crippen LogP contribution in [0, 0.1) is 0 Å². The highest BCUT2D eigenvalue weighted by Gasteiger charge is 2.05. The second-order valence-corrected chi connectivity index (χ2v) is 4.71. The summed E-state index contributed by atoms with van der Waals surface area (Å²) in [4.78, 5) is 18.1. The Bertz CT molecular complexity index is 598. The van der Waals surface area contributed by atoms with E-state index in [1.807, 2.05) is 0 Å². The highest BCUT2D eigenvalue weighted by atomic mass is 79.9. The van der Waals surface area contributed by atoms with Crippen LogP contribution in [0.5, 0.6) is 0 Å². The van der Waals surface area contributed by atoms with Gasteiger partial charge in [0.05, 0.1) is 10.0 Å². The van der Waals surface area contributed by atoms with Crippen LogP contribution in [-0.4, -0.2) is 9.97 Å². The van der Waals surface area contributed by atoms with Crippen molar-refractivity contribution in [1.29, 1.82) is 0 Å². The predicted octanol–water partition coefficient (Wildman–Crippen LogP) is 3.51. The number of hydrogen-bond acceptors (Lipinski definition) is 2. The van der Waals surface area contributed by atoms with Crippen LogP contribution in [0.2, 0.25) is 10.0 Å². The Labute approximate surface area is 110 Å². The third-order valence-corrected chi connectivity index (χ3v) is 3.25. The number of halogens is 3. The Kier molecular flexibility index (Phi) is 3.33. The van der Waals surface area contributed by atoms with Crippen molar-refractivity contribution in [3.63, 3.8) is 0 Å². The van der Waals surface area contributed by atoms with Gasteiger partial charge in [0.1, 0.15) is 10.3 Å². The van der Waals surface area contributed by atoms with Crippen molar-refractivity contribution >= 4 is 39.1 Å². The number of hydrogen-bond donors (Lipinski definition) is 1. The first kappa shape index (κ1) is 11.6. The topological polar surface area (TPSA) is 45.8 Å². The fraction of sp³-hybridized carbons (Fsp3) is 0. The Balaban J connectivity index is 2.55. The van der Waals surface area contributed by atoms with E-state index in [0.29, 0.717) is 25.9 Å². The molecule has 0 bridgehead atoms. The van der Waals surface area contributed by atoms with E-state index in [9.17, 15) is 4.79 Å². The number of H-pyrrole nitrogens is 1. The van der Waals surface area contributed by atoms with Crippen LogP contribution in [0.25, 0.3) is 11.4 Å². The standard InChI is InChI=1S/C10H5BrCl2N2O/c11-6-4-14-9(15-10(6)16)5-1-2-7(12)8(13)3-5/h1-4H,(H,14,15,16). The van der Waals surface area contributed by atoms with Gasteiger partial charge in [0.2, 0.25) is 0 Å². The first-order valence-corrected chi connectivity index (χ1v) is 5.83. The third kappa shape index (κ3) is 2.29. The van der Waals surface area contributed by atoms with E-state index >= 15 is 0 Å². The van der Waals surface area contributed by atoms with Gasteiger partial charge in [0.25, 0.3) is 5.56 Å². The minimum Gasteiger partial charge on any atom is -0.306 e. The van der Waals surface area contributed by atoms with Crippen LogP contribution in [0.4, 0.5) is 0 Å². The van der Waals surface area contributed by atoms with Gasteiger partial charge in [-0.25, -0.2) is 4.98 Å². The average Bonchev–Trinajstić information content (AvgIpc) is 2.26. The van der Waals surface area contributed by atoms with Gasteiger partial charge in [-0.1, -0.05) is 23.2 Å². The number of aromatic amines is 1. The Morgan fingerprint density at radius 1 is 1.25 bits per heavy atom. The van der Waals surface area contributed by atoms with Crippen LogP contribution in [0.3, 0.4) is 0 Å². The molecule has 1 N–H and O–H groups in total. The summed E-state index contributed by atoms with van der Waals surface area (Å²) < 4.78 is 0.385. The second-order valence-electron chi connectivity index (χ2n) is 3.04. The molecule has 0 radical (unpaired) electrons. The number of rotatable bonds is 1. The van der Waals surface area contributed by atoms with E-state index in [-0.39, 0.29) is 5.56 Å². The molecule has 82 valence electrons. The fourth-order valence-electron chi connectivity index (χ4n) is 1.17. The first-order chi connectivity index (χ1) is 7.58. The van der Waals surface area contributed by atoms with Crippen molar-refractivity contribution < 1.29 is 0 Å². The molecule has 0 fully saturated rings. The van der Waals surface area contributed by atoms with Crippen molar-refractivity contribution in [3.05, 3.63) is 49.3 Å². The molecule has 6 heteroatoms. The maximum atomic E-state index is 11.4. The summed E-state index contributed by atoms with van der Waals surface area (Å²) >= 11 is 14.7. The van der Waals surface area contributed by atoms with E-state index in [0.717, 1.165) is 0 Å². The summed E-state index contributed by atoms with van der Waals surface area (Å²) in [6.07, 6.45) is 1.44. The molecular weight excluding hydrogens is 315 g/mol. The minimum absolute atomic E-state index is 0.240. The zero-order valence-electron chi connectivity index (χ0n) is 7.80. The Hall–Kier alpha value is -0.840. The van der Waals surface area contributed by atoms with Crippen LogP contribution in [-0.2, 0) is 0 Å². The Morgan fingerprint density at radius 3 is 2.62 bits per heavy atom. The summed E-state index contributed by atoms with van der Waals surface area (Å²) in [5, 5.41) is 0.884. The molecule has 0 amide bonds. The molecule has 0 atom stereocenters. The summed E-state index contributed by atoms with van der Waals surface area (Å²) in [6, 6.07) is 5.04. The van der Waals surface area contributed by atoms with Gasteiger partial charge in [-0.05, 0) is 34.1 Å². The molecule has 0 saturated heterocycles. The molecule has 0 aliphatic heterocycles. The van der Waals surface area contributed by atoms with Gasteiger partial charge < -0.3 is 4.98 Å². The van der Waals surface area contributed by atoms with Gasteiger partial charge in [0, 0.05) is 11.8 Å². The lowest BCUT2D eigenvalue weighted by Gasteiger charge is -2.02. The molecule has 1 heterocycles. The lowest BCUT2D eigenvalue weighted by Crippen LogP contribution is -2.08. The van der Waals surface area contributed by atoms with Crippen LogP contribution < -0.4 is 5.56 Å². The average molecular weight is 320 g/mol. The van der Waals surface area contributed by atoms with Gasteiger partial charge >= 0.3 is 0 Å². The maximum absolute atomic E-state index is 11.4. The molecule has 0 aliphatic carbocycles. The van der Waals surface area contributed by atoms with Gasteiger partial charge in [-0.15, -0.1) is 0 Å². The number of nitrogens with zero attached hydrogens (tertiary/aromatic N) is 1. The number of benzene rings is 1. The number of aromatic nitrogens is 2.